The number of hydrogen-bond acceptors (Lipinski definition) is 5. The number of nitrogens with two attached hydrogens (primary N) is 2. The molecule has 5 nitrogen and oxygen atoms in total. The van der Waals surface area contributed by atoms with Crippen molar-refractivity contribution in [2.75, 3.05) is 0 Å². The summed E-state index contributed by atoms with van der Waals surface area (Å²) in [5.74, 6) is -0.405. The van der Waals surface area contributed by atoms with E-state index < -0.39 is 11.4 Å². The molecule has 6 heteroatoms. The van der Waals surface area contributed by atoms with Gasteiger partial charge in [-0.2, -0.15) is 0 Å². The maximum atomic E-state index is 11.4. The standard InChI is InChI=1S/C12H18N4OS/c1-8-6-15-11(16-7-8)18-9-3-2-4-12(14,5-9)10(13)17/h6-7,9H,2-5,14H2,1H3,(H2,13,17). The number of aryl methyl sites for hydroxylation is 1. The zero-order chi connectivity index (χ0) is 13.2. The largest absolute Gasteiger partial charge is 0.368 e. The van der Waals surface area contributed by atoms with Crippen LogP contribution in [-0.2, 0) is 4.79 Å². The summed E-state index contributed by atoms with van der Waals surface area (Å²) in [5, 5.41) is 0.998. The molecule has 0 spiro atoms. The first kappa shape index (κ1) is 13.3. The molecule has 0 saturated heterocycles. The van der Waals surface area contributed by atoms with Gasteiger partial charge in [-0.3, -0.25) is 4.79 Å². The summed E-state index contributed by atoms with van der Waals surface area (Å²) < 4.78 is 0. The molecule has 1 aliphatic rings. The molecule has 1 heterocycles. The van der Waals surface area contributed by atoms with E-state index in [0.717, 1.165) is 23.6 Å². The molecule has 2 atom stereocenters. The minimum absolute atomic E-state index is 0.263. The number of hydrogen-bond donors (Lipinski definition) is 2. The van der Waals surface area contributed by atoms with Crippen LogP contribution in [0.3, 0.4) is 0 Å². The van der Waals surface area contributed by atoms with Gasteiger partial charge < -0.3 is 11.5 Å². The smallest absolute Gasteiger partial charge is 0.237 e. The number of amides is 1. The van der Waals surface area contributed by atoms with Gasteiger partial charge in [0.1, 0.15) is 0 Å². The Morgan fingerprint density at radius 2 is 2.17 bits per heavy atom. The Morgan fingerprint density at radius 3 is 2.78 bits per heavy atom. The molecule has 0 aromatic carbocycles. The fourth-order valence-corrected chi connectivity index (χ4v) is 3.36. The van der Waals surface area contributed by atoms with Crippen LogP contribution in [0.15, 0.2) is 17.6 Å². The molecule has 4 N–H and O–H groups in total. The van der Waals surface area contributed by atoms with Gasteiger partial charge in [-0.1, -0.05) is 11.8 Å². The van der Waals surface area contributed by atoms with E-state index in [9.17, 15) is 4.79 Å². The number of carbonyl (C=O) groups excluding carboxylic acids is 1. The Morgan fingerprint density at radius 1 is 1.50 bits per heavy atom. The van der Waals surface area contributed by atoms with Crippen molar-refractivity contribution in [3.63, 3.8) is 0 Å². The number of nitrogens with zero attached hydrogens (tertiary/aromatic N) is 2. The van der Waals surface area contributed by atoms with Crippen LogP contribution in [0.25, 0.3) is 0 Å². The number of rotatable bonds is 3. The maximum Gasteiger partial charge on any atom is 0.237 e. The fraction of sp³-hybridized carbons (Fsp3) is 0.583. The zero-order valence-electron chi connectivity index (χ0n) is 10.4. The third-order valence-electron chi connectivity index (χ3n) is 3.26. The fourth-order valence-electron chi connectivity index (χ4n) is 2.17. The average Bonchev–Trinajstić information content (AvgIpc) is 2.32. The Labute approximate surface area is 111 Å². The van der Waals surface area contributed by atoms with Crippen molar-refractivity contribution in [2.45, 2.75) is 48.6 Å². The predicted octanol–water partition coefficient (Wildman–Crippen LogP) is 1.00. The van der Waals surface area contributed by atoms with E-state index in [-0.39, 0.29) is 5.25 Å². The molecule has 1 aliphatic carbocycles. The Bertz CT molecular complexity index is 436. The summed E-state index contributed by atoms with van der Waals surface area (Å²) in [6, 6.07) is 0. The summed E-state index contributed by atoms with van der Waals surface area (Å²) in [6.45, 7) is 1.95. The Hall–Kier alpha value is -1.14. The van der Waals surface area contributed by atoms with Gasteiger partial charge in [0.05, 0.1) is 5.54 Å². The molecule has 0 radical (unpaired) electrons. The summed E-state index contributed by atoms with van der Waals surface area (Å²) in [6.07, 6.45) is 6.80. The molecule has 1 saturated carbocycles. The topological polar surface area (TPSA) is 94.9 Å². The van der Waals surface area contributed by atoms with Crippen LogP contribution in [0.5, 0.6) is 0 Å². The Kier molecular flexibility index (Phi) is 3.87. The van der Waals surface area contributed by atoms with E-state index in [0.29, 0.717) is 12.8 Å². The van der Waals surface area contributed by atoms with Crippen LogP contribution in [0.4, 0.5) is 0 Å². The lowest BCUT2D eigenvalue weighted by Gasteiger charge is -2.34. The molecule has 1 aromatic rings. The van der Waals surface area contributed by atoms with Crippen LogP contribution >= 0.6 is 11.8 Å². The first-order chi connectivity index (χ1) is 8.49. The van der Waals surface area contributed by atoms with E-state index in [2.05, 4.69) is 9.97 Å². The highest BCUT2D eigenvalue weighted by Crippen LogP contribution is 2.35. The molecule has 98 valence electrons. The van der Waals surface area contributed by atoms with Crippen LogP contribution < -0.4 is 11.5 Å². The lowest BCUT2D eigenvalue weighted by Crippen LogP contribution is -2.55. The maximum absolute atomic E-state index is 11.4. The predicted molar refractivity (Wildman–Crippen MR) is 71.0 cm³/mol. The zero-order valence-corrected chi connectivity index (χ0v) is 11.2. The molecule has 0 bridgehead atoms. The molecule has 2 unspecified atom stereocenters. The molecular formula is C12H18N4OS. The van der Waals surface area contributed by atoms with E-state index in [1.54, 1.807) is 24.2 Å². The third kappa shape index (κ3) is 3.00. The number of aromatic nitrogens is 2. The van der Waals surface area contributed by atoms with Crippen molar-refractivity contribution in [3.05, 3.63) is 18.0 Å². The third-order valence-corrected chi connectivity index (χ3v) is 4.42. The summed E-state index contributed by atoms with van der Waals surface area (Å²) >= 11 is 1.58. The van der Waals surface area contributed by atoms with Gasteiger partial charge in [0.25, 0.3) is 0 Å². The lowest BCUT2D eigenvalue weighted by atomic mass is 9.82. The number of thioether (sulfide) groups is 1. The van der Waals surface area contributed by atoms with Crippen LogP contribution in [0, 0.1) is 6.92 Å². The molecular weight excluding hydrogens is 248 g/mol. The summed E-state index contributed by atoms with van der Waals surface area (Å²) in [7, 11) is 0. The monoisotopic (exact) mass is 266 g/mol. The summed E-state index contributed by atoms with van der Waals surface area (Å²) in [4.78, 5) is 19.9. The molecule has 18 heavy (non-hydrogen) atoms. The Balaban J connectivity index is 2.02. The highest BCUT2D eigenvalue weighted by Gasteiger charge is 2.38. The highest BCUT2D eigenvalue weighted by molar-refractivity contribution is 7.99. The van der Waals surface area contributed by atoms with Gasteiger partial charge in [-0.25, -0.2) is 9.97 Å². The first-order valence-electron chi connectivity index (χ1n) is 6.04. The SMILES string of the molecule is Cc1cnc(SC2CCCC(N)(C(N)=O)C2)nc1. The molecule has 1 fully saturated rings. The number of primary amides is 1. The van der Waals surface area contributed by atoms with Crippen molar-refractivity contribution in [1.82, 2.24) is 9.97 Å². The van der Waals surface area contributed by atoms with Gasteiger partial charge in [0.2, 0.25) is 5.91 Å². The minimum Gasteiger partial charge on any atom is -0.368 e. The molecule has 1 amide bonds. The normalized spacial score (nSPS) is 28.0. The van der Waals surface area contributed by atoms with Crippen LogP contribution in [-0.4, -0.2) is 26.7 Å². The van der Waals surface area contributed by atoms with Crippen molar-refractivity contribution >= 4 is 17.7 Å². The molecule has 2 rings (SSSR count). The van der Waals surface area contributed by atoms with E-state index >= 15 is 0 Å². The van der Waals surface area contributed by atoms with Crippen LogP contribution in [0.1, 0.15) is 31.2 Å². The summed E-state index contributed by atoms with van der Waals surface area (Å²) in [5.41, 5.74) is 11.6. The van der Waals surface area contributed by atoms with E-state index in [1.807, 2.05) is 6.92 Å². The average molecular weight is 266 g/mol. The lowest BCUT2D eigenvalue weighted by molar-refractivity contribution is -0.124. The molecule has 1 aromatic heterocycles. The second-order valence-electron chi connectivity index (χ2n) is 4.90. The van der Waals surface area contributed by atoms with Crippen molar-refractivity contribution in [1.29, 1.82) is 0 Å². The molecule has 0 aliphatic heterocycles. The number of carbonyl (C=O) groups is 1. The van der Waals surface area contributed by atoms with Crippen molar-refractivity contribution in [3.8, 4) is 0 Å². The first-order valence-corrected chi connectivity index (χ1v) is 6.92. The van der Waals surface area contributed by atoms with E-state index in [1.165, 1.54) is 0 Å². The highest BCUT2D eigenvalue weighted by atomic mass is 32.2. The minimum atomic E-state index is -0.861. The van der Waals surface area contributed by atoms with Gasteiger partial charge in [-0.05, 0) is 38.2 Å². The van der Waals surface area contributed by atoms with Gasteiger partial charge in [0, 0.05) is 17.6 Å². The quantitative estimate of drug-likeness (QED) is 0.796. The van der Waals surface area contributed by atoms with Gasteiger partial charge in [0.15, 0.2) is 5.16 Å². The van der Waals surface area contributed by atoms with Gasteiger partial charge >= 0.3 is 0 Å². The van der Waals surface area contributed by atoms with Crippen molar-refractivity contribution < 1.29 is 4.79 Å². The van der Waals surface area contributed by atoms with E-state index in [4.69, 9.17) is 11.5 Å². The van der Waals surface area contributed by atoms with Gasteiger partial charge in [-0.15, -0.1) is 0 Å². The van der Waals surface area contributed by atoms with Crippen LogP contribution in [0.2, 0.25) is 0 Å². The second kappa shape index (κ2) is 5.24. The second-order valence-corrected chi connectivity index (χ2v) is 6.17. The van der Waals surface area contributed by atoms with Crippen molar-refractivity contribution in [2.24, 2.45) is 11.5 Å².